The minimum absolute atomic E-state index is 0.180. The number of aromatic nitrogens is 3. The topological polar surface area (TPSA) is 56.7 Å². The number of nitrogens with one attached hydrogen (secondary N) is 2. The summed E-state index contributed by atoms with van der Waals surface area (Å²) in [5.41, 5.74) is 0.802. The summed E-state index contributed by atoms with van der Waals surface area (Å²) in [6, 6.07) is 7.42. The SMILES string of the molecule is Oc1c[nH]n(S)[nH]c2ccccc12. The molecule has 3 N–H and O–H groups in total. The summed E-state index contributed by atoms with van der Waals surface area (Å²) < 4.78 is 1.36. The van der Waals surface area contributed by atoms with E-state index in [1.54, 1.807) is 0 Å². The third-order valence-electron chi connectivity index (χ3n) is 1.75. The number of aromatic hydroxyl groups is 1. The van der Waals surface area contributed by atoms with Gasteiger partial charge in [0.2, 0.25) is 0 Å². The lowest BCUT2D eigenvalue weighted by Crippen LogP contribution is -1.88. The van der Waals surface area contributed by atoms with Gasteiger partial charge in [-0.05, 0) is 24.9 Å². The van der Waals surface area contributed by atoms with Gasteiger partial charge in [-0.2, -0.15) is 4.20 Å². The number of hydrogen-bond acceptors (Lipinski definition) is 2. The van der Waals surface area contributed by atoms with Crippen LogP contribution in [0.1, 0.15) is 0 Å². The van der Waals surface area contributed by atoms with Crippen molar-refractivity contribution in [1.29, 1.82) is 0 Å². The van der Waals surface area contributed by atoms with Crippen LogP contribution in [0.4, 0.5) is 0 Å². The van der Waals surface area contributed by atoms with Gasteiger partial charge in [-0.15, -0.1) is 0 Å². The van der Waals surface area contributed by atoms with Crippen LogP contribution in [0.3, 0.4) is 0 Å². The molecule has 4 nitrogen and oxygen atoms in total. The highest BCUT2D eigenvalue weighted by Crippen LogP contribution is 2.19. The van der Waals surface area contributed by atoms with Crippen molar-refractivity contribution >= 4 is 23.7 Å². The molecule has 1 aromatic carbocycles. The first-order chi connectivity index (χ1) is 6.27. The molecule has 0 spiro atoms. The molecule has 2 aromatic rings. The number of nitrogens with zero attached hydrogens (tertiary/aromatic N) is 1. The van der Waals surface area contributed by atoms with Crippen molar-refractivity contribution in [1.82, 2.24) is 14.4 Å². The first-order valence-corrected chi connectivity index (χ1v) is 4.18. The lowest BCUT2D eigenvalue weighted by molar-refractivity contribution is 0.479. The van der Waals surface area contributed by atoms with Gasteiger partial charge in [0.15, 0.2) is 0 Å². The molecule has 68 valence electrons. The third-order valence-corrected chi connectivity index (χ3v) is 1.97. The highest BCUT2D eigenvalue weighted by molar-refractivity contribution is 7.78. The van der Waals surface area contributed by atoms with Crippen LogP contribution in [0.25, 0.3) is 10.9 Å². The maximum Gasteiger partial charge on any atom is 0.142 e. The number of aromatic amines is 2. The Hall–Kier alpha value is -1.49. The Morgan fingerprint density at radius 3 is 2.92 bits per heavy atom. The maximum atomic E-state index is 9.56. The van der Waals surface area contributed by atoms with Crippen LogP contribution in [0.5, 0.6) is 5.75 Å². The molecule has 0 saturated carbocycles. The quantitative estimate of drug-likeness (QED) is 0.476. The normalized spacial score (nSPS) is 10.2. The Morgan fingerprint density at radius 2 is 2.08 bits per heavy atom. The van der Waals surface area contributed by atoms with Crippen LogP contribution in [-0.2, 0) is 0 Å². The van der Waals surface area contributed by atoms with Gasteiger partial charge in [-0.25, -0.2) is 0 Å². The average molecular weight is 195 g/mol. The first kappa shape index (κ1) is 8.12. The van der Waals surface area contributed by atoms with E-state index in [0.29, 0.717) is 0 Å². The molecule has 0 aliphatic carbocycles. The summed E-state index contributed by atoms with van der Waals surface area (Å²) in [5.74, 6) is 0.180. The van der Waals surface area contributed by atoms with Crippen LogP contribution in [0, 0.1) is 0 Å². The Bertz CT molecular complexity index is 467. The largest absolute Gasteiger partial charge is 0.506 e. The van der Waals surface area contributed by atoms with E-state index in [9.17, 15) is 5.11 Å². The molecule has 1 heterocycles. The molecule has 0 amide bonds. The van der Waals surface area contributed by atoms with Gasteiger partial charge in [-0.3, -0.25) is 10.2 Å². The fourth-order valence-electron chi connectivity index (χ4n) is 1.15. The Morgan fingerprint density at radius 1 is 1.31 bits per heavy atom. The zero-order chi connectivity index (χ0) is 9.26. The lowest BCUT2D eigenvalue weighted by Gasteiger charge is -1.93. The number of H-pyrrole nitrogens is 2. The molecule has 0 saturated heterocycles. The molecular formula is C8H9N3OS. The molecule has 0 aliphatic heterocycles. The molecule has 0 bridgehead atoms. The van der Waals surface area contributed by atoms with Crippen molar-refractivity contribution in [3.05, 3.63) is 30.5 Å². The van der Waals surface area contributed by atoms with Crippen molar-refractivity contribution < 1.29 is 5.11 Å². The predicted molar refractivity (Wildman–Crippen MR) is 54.3 cm³/mol. The lowest BCUT2D eigenvalue weighted by atomic mass is 10.2. The number of para-hydroxylation sites is 1. The van der Waals surface area contributed by atoms with Crippen LogP contribution < -0.4 is 0 Å². The monoisotopic (exact) mass is 195 g/mol. The average Bonchev–Trinajstić information content (AvgIpc) is 2.27. The summed E-state index contributed by atoms with van der Waals surface area (Å²) in [6.45, 7) is 0. The highest BCUT2D eigenvalue weighted by Gasteiger charge is 1.95. The maximum absolute atomic E-state index is 9.56. The molecule has 1 aromatic heterocycles. The fraction of sp³-hybridized carbons (Fsp3) is 0. The summed E-state index contributed by atoms with van der Waals surface area (Å²) in [5, 5.41) is 15.9. The molecule has 0 radical (unpaired) electrons. The van der Waals surface area contributed by atoms with Gasteiger partial charge in [0.05, 0.1) is 11.7 Å². The molecular weight excluding hydrogens is 186 g/mol. The smallest absolute Gasteiger partial charge is 0.142 e. The van der Waals surface area contributed by atoms with Crippen molar-refractivity contribution in [2.75, 3.05) is 0 Å². The standard InChI is InChI=1S/C8H9N3OS/c12-8-5-9-11(13)10-7-4-2-1-3-6(7)8/h1-5,9-10,12-13H. The Kier molecular flexibility index (Phi) is 1.94. The van der Waals surface area contributed by atoms with E-state index in [-0.39, 0.29) is 5.75 Å². The van der Waals surface area contributed by atoms with E-state index >= 15 is 0 Å². The summed E-state index contributed by atoms with van der Waals surface area (Å²) in [7, 11) is 0. The van der Waals surface area contributed by atoms with Crippen molar-refractivity contribution in [3.63, 3.8) is 0 Å². The summed E-state index contributed by atoms with van der Waals surface area (Å²) in [6.07, 6.45) is 1.46. The van der Waals surface area contributed by atoms with Gasteiger partial charge < -0.3 is 5.11 Å². The second-order valence-corrected chi connectivity index (χ2v) is 3.03. The molecule has 0 atom stereocenters. The van der Waals surface area contributed by atoms with E-state index in [2.05, 4.69) is 23.0 Å². The molecule has 0 aliphatic rings. The fourth-order valence-corrected chi connectivity index (χ4v) is 1.32. The van der Waals surface area contributed by atoms with Crippen LogP contribution >= 0.6 is 12.8 Å². The van der Waals surface area contributed by atoms with Gasteiger partial charge >= 0.3 is 0 Å². The van der Waals surface area contributed by atoms with E-state index in [1.807, 2.05) is 24.3 Å². The van der Waals surface area contributed by atoms with E-state index in [4.69, 9.17) is 0 Å². The zero-order valence-corrected chi connectivity index (χ0v) is 7.62. The second-order valence-electron chi connectivity index (χ2n) is 2.63. The van der Waals surface area contributed by atoms with Crippen molar-refractivity contribution in [3.8, 4) is 5.75 Å². The number of hydrogen-bond donors (Lipinski definition) is 4. The number of rotatable bonds is 0. The summed E-state index contributed by atoms with van der Waals surface area (Å²) >= 11 is 4.05. The predicted octanol–water partition coefficient (Wildman–Crippen LogP) is 1.82. The summed E-state index contributed by atoms with van der Waals surface area (Å²) in [4.78, 5) is 0. The Labute approximate surface area is 80.0 Å². The second kappa shape index (κ2) is 3.10. The van der Waals surface area contributed by atoms with Crippen LogP contribution in [-0.4, -0.2) is 19.5 Å². The number of thiol groups is 1. The Balaban J connectivity index is 2.95. The van der Waals surface area contributed by atoms with Crippen LogP contribution in [0.2, 0.25) is 0 Å². The van der Waals surface area contributed by atoms with Gasteiger partial charge in [0.1, 0.15) is 5.75 Å². The molecule has 2 rings (SSSR count). The molecule has 0 fully saturated rings. The molecule has 0 unspecified atom stereocenters. The first-order valence-electron chi connectivity index (χ1n) is 3.78. The van der Waals surface area contributed by atoms with Crippen molar-refractivity contribution in [2.45, 2.75) is 0 Å². The minimum Gasteiger partial charge on any atom is -0.506 e. The van der Waals surface area contributed by atoms with E-state index in [0.717, 1.165) is 10.9 Å². The van der Waals surface area contributed by atoms with Gasteiger partial charge in [0.25, 0.3) is 0 Å². The number of fused-ring (bicyclic) bond motifs is 1. The molecule has 5 heteroatoms. The third kappa shape index (κ3) is 1.50. The van der Waals surface area contributed by atoms with E-state index < -0.39 is 0 Å². The minimum atomic E-state index is 0.180. The van der Waals surface area contributed by atoms with Crippen molar-refractivity contribution in [2.24, 2.45) is 0 Å². The molecule has 13 heavy (non-hydrogen) atoms. The number of benzene rings is 1. The highest BCUT2D eigenvalue weighted by atomic mass is 32.1. The van der Waals surface area contributed by atoms with E-state index in [1.165, 1.54) is 10.4 Å². The zero-order valence-electron chi connectivity index (χ0n) is 6.73. The van der Waals surface area contributed by atoms with Gasteiger partial charge in [-0.1, -0.05) is 12.1 Å². The van der Waals surface area contributed by atoms with Crippen LogP contribution in [0.15, 0.2) is 30.5 Å². The van der Waals surface area contributed by atoms with Gasteiger partial charge in [0, 0.05) is 5.39 Å².